The molecule has 1 aromatic carbocycles. The molecule has 0 saturated carbocycles. The monoisotopic (exact) mass is 225 g/mol. The van der Waals surface area contributed by atoms with E-state index >= 15 is 0 Å². The number of morpholine rings is 1. The molecule has 0 amide bonds. The van der Waals surface area contributed by atoms with Crippen molar-refractivity contribution in [2.24, 2.45) is 0 Å². The van der Waals surface area contributed by atoms with E-state index in [9.17, 15) is 9.50 Å². The Balaban J connectivity index is 2.07. The second-order valence-corrected chi connectivity index (χ2v) is 4.21. The summed E-state index contributed by atoms with van der Waals surface area (Å²) in [6.07, 6.45) is 0. The number of halogens is 1. The van der Waals surface area contributed by atoms with E-state index in [0.29, 0.717) is 25.8 Å². The van der Waals surface area contributed by atoms with E-state index in [4.69, 9.17) is 4.74 Å². The maximum atomic E-state index is 13.1. The highest BCUT2D eigenvalue weighted by Gasteiger charge is 2.18. The van der Waals surface area contributed by atoms with Gasteiger partial charge >= 0.3 is 0 Å². The summed E-state index contributed by atoms with van der Waals surface area (Å²) in [7, 11) is 0. The van der Waals surface area contributed by atoms with E-state index in [2.05, 4.69) is 11.8 Å². The minimum atomic E-state index is -0.393. The van der Waals surface area contributed by atoms with E-state index in [-0.39, 0.29) is 5.75 Å². The Kier molecular flexibility index (Phi) is 3.41. The molecule has 0 aliphatic carbocycles. The fraction of sp³-hybridized carbons (Fsp3) is 0.500. The van der Waals surface area contributed by atoms with Crippen LogP contribution < -0.4 is 0 Å². The largest absolute Gasteiger partial charge is 0.508 e. The number of hydrogen-bond acceptors (Lipinski definition) is 3. The quantitative estimate of drug-likeness (QED) is 0.832. The lowest BCUT2D eigenvalue weighted by molar-refractivity contribution is -0.00441. The minimum Gasteiger partial charge on any atom is -0.508 e. The Bertz CT molecular complexity index is 350. The van der Waals surface area contributed by atoms with Crippen LogP contribution >= 0.6 is 0 Å². The second kappa shape index (κ2) is 4.80. The van der Waals surface area contributed by atoms with E-state index < -0.39 is 5.82 Å². The smallest absolute Gasteiger partial charge is 0.127 e. The van der Waals surface area contributed by atoms with Gasteiger partial charge in [0.1, 0.15) is 11.6 Å². The van der Waals surface area contributed by atoms with Gasteiger partial charge in [0.2, 0.25) is 0 Å². The van der Waals surface area contributed by atoms with E-state index in [0.717, 1.165) is 18.2 Å². The molecule has 1 N–H and O–H groups in total. The van der Waals surface area contributed by atoms with Gasteiger partial charge in [-0.3, -0.25) is 4.90 Å². The van der Waals surface area contributed by atoms with Crippen molar-refractivity contribution >= 4 is 0 Å². The normalized spacial score (nSPS) is 22.2. The van der Waals surface area contributed by atoms with Gasteiger partial charge in [0.15, 0.2) is 0 Å². The first-order valence-electron chi connectivity index (χ1n) is 5.45. The second-order valence-electron chi connectivity index (χ2n) is 4.21. The van der Waals surface area contributed by atoms with Crippen molar-refractivity contribution in [3.8, 4) is 5.75 Å². The Morgan fingerprint density at radius 1 is 1.50 bits per heavy atom. The van der Waals surface area contributed by atoms with Crippen LogP contribution in [0.1, 0.15) is 12.5 Å². The number of phenols is 1. The molecule has 0 spiro atoms. The fourth-order valence-electron chi connectivity index (χ4n) is 1.96. The highest BCUT2D eigenvalue weighted by Crippen LogP contribution is 2.18. The molecule has 1 unspecified atom stereocenters. The van der Waals surface area contributed by atoms with Gasteiger partial charge in [0.25, 0.3) is 0 Å². The lowest BCUT2D eigenvalue weighted by atomic mass is 10.1. The summed E-state index contributed by atoms with van der Waals surface area (Å²) in [5.74, 6) is -0.410. The zero-order valence-electron chi connectivity index (χ0n) is 9.32. The molecule has 4 heteroatoms. The molecule has 1 saturated heterocycles. The molecule has 3 nitrogen and oxygen atoms in total. The molecule has 0 radical (unpaired) electrons. The first-order chi connectivity index (χ1) is 7.65. The van der Waals surface area contributed by atoms with Gasteiger partial charge in [-0.25, -0.2) is 4.39 Å². The highest BCUT2D eigenvalue weighted by molar-refractivity contribution is 5.28. The van der Waals surface area contributed by atoms with Gasteiger partial charge < -0.3 is 9.84 Å². The number of ether oxygens (including phenoxy) is 1. The van der Waals surface area contributed by atoms with Crippen LogP contribution in [-0.4, -0.2) is 35.8 Å². The molecule has 1 aliphatic rings. The molecule has 88 valence electrons. The van der Waals surface area contributed by atoms with Crippen molar-refractivity contribution in [1.82, 2.24) is 4.90 Å². The lowest BCUT2D eigenvalue weighted by Crippen LogP contribution is -2.42. The number of phenolic OH excluding ortho intramolecular Hbond substituents is 1. The molecule has 1 fully saturated rings. The van der Waals surface area contributed by atoms with Gasteiger partial charge in [0.05, 0.1) is 13.2 Å². The molecule has 1 aromatic rings. The van der Waals surface area contributed by atoms with Crippen LogP contribution in [0.25, 0.3) is 0 Å². The number of nitrogens with zero attached hydrogens (tertiary/aromatic N) is 1. The predicted molar refractivity (Wildman–Crippen MR) is 58.8 cm³/mol. The molecular weight excluding hydrogens is 209 g/mol. The zero-order valence-corrected chi connectivity index (χ0v) is 9.32. The van der Waals surface area contributed by atoms with Crippen LogP contribution in [0.3, 0.4) is 0 Å². The van der Waals surface area contributed by atoms with Crippen LogP contribution in [0.5, 0.6) is 5.75 Å². The molecule has 1 heterocycles. The average molecular weight is 225 g/mol. The van der Waals surface area contributed by atoms with E-state index in [1.807, 2.05) is 0 Å². The van der Waals surface area contributed by atoms with Gasteiger partial charge in [-0.1, -0.05) is 0 Å². The predicted octanol–water partition coefficient (Wildman–Crippen LogP) is 1.75. The van der Waals surface area contributed by atoms with Crippen molar-refractivity contribution < 1.29 is 14.2 Å². The summed E-state index contributed by atoms with van der Waals surface area (Å²) < 4.78 is 18.4. The first kappa shape index (κ1) is 11.4. The molecule has 1 aliphatic heterocycles. The SMILES string of the molecule is CC1COCCN1Cc1cc(O)cc(F)c1. The Hall–Kier alpha value is -1.13. The van der Waals surface area contributed by atoms with Gasteiger partial charge in [-0.15, -0.1) is 0 Å². The third kappa shape index (κ3) is 2.71. The van der Waals surface area contributed by atoms with Crippen LogP contribution in [0.15, 0.2) is 18.2 Å². The maximum Gasteiger partial charge on any atom is 0.127 e. The number of aromatic hydroxyl groups is 1. The van der Waals surface area contributed by atoms with Crippen LogP contribution in [0.2, 0.25) is 0 Å². The molecule has 1 atom stereocenters. The minimum absolute atomic E-state index is 0.0177. The van der Waals surface area contributed by atoms with Gasteiger partial charge in [-0.05, 0) is 24.6 Å². The summed E-state index contributed by atoms with van der Waals surface area (Å²) in [6.45, 7) is 5.00. The highest BCUT2D eigenvalue weighted by atomic mass is 19.1. The molecule has 0 bridgehead atoms. The first-order valence-corrected chi connectivity index (χ1v) is 5.45. The van der Waals surface area contributed by atoms with Crippen LogP contribution in [-0.2, 0) is 11.3 Å². The van der Waals surface area contributed by atoms with Crippen molar-refractivity contribution in [2.45, 2.75) is 19.5 Å². The summed E-state index contributed by atoms with van der Waals surface area (Å²) in [4.78, 5) is 2.22. The van der Waals surface area contributed by atoms with Crippen molar-refractivity contribution in [3.05, 3.63) is 29.6 Å². The average Bonchev–Trinajstić information content (AvgIpc) is 2.20. The zero-order chi connectivity index (χ0) is 11.5. The maximum absolute atomic E-state index is 13.1. The summed E-state index contributed by atoms with van der Waals surface area (Å²) in [5, 5.41) is 9.31. The van der Waals surface area contributed by atoms with E-state index in [1.54, 1.807) is 6.07 Å². The van der Waals surface area contributed by atoms with Crippen molar-refractivity contribution in [3.63, 3.8) is 0 Å². The fourth-order valence-corrected chi connectivity index (χ4v) is 1.96. The molecule has 16 heavy (non-hydrogen) atoms. The van der Waals surface area contributed by atoms with Crippen molar-refractivity contribution in [2.75, 3.05) is 19.8 Å². The van der Waals surface area contributed by atoms with E-state index in [1.165, 1.54) is 6.07 Å². The summed E-state index contributed by atoms with van der Waals surface area (Å²) in [5.41, 5.74) is 0.797. The van der Waals surface area contributed by atoms with Crippen molar-refractivity contribution in [1.29, 1.82) is 0 Å². The topological polar surface area (TPSA) is 32.7 Å². The Morgan fingerprint density at radius 2 is 2.31 bits per heavy atom. The third-order valence-corrected chi connectivity index (χ3v) is 2.83. The summed E-state index contributed by atoms with van der Waals surface area (Å²) >= 11 is 0. The van der Waals surface area contributed by atoms with Crippen LogP contribution in [0, 0.1) is 5.82 Å². The lowest BCUT2D eigenvalue weighted by Gasteiger charge is -2.33. The number of benzene rings is 1. The Labute approximate surface area is 94.4 Å². The number of hydrogen-bond donors (Lipinski definition) is 1. The standard InChI is InChI=1S/C12H16FNO2/c1-9-8-16-3-2-14(9)7-10-4-11(13)6-12(15)5-10/h4-6,9,15H,2-3,7-8H2,1H3. The van der Waals surface area contributed by atoms with Gasteiger partial charge in [0, 0.05) is 25.2 Å². The third-order valence-electron chi connectivity index (χ3n) is 2.83. The molecular formula is C12H16FNO2. The number of rotatable bonds is 2. The Morgan fingerprint density at radius 3 is 3.00 bits per heavy atom. The summed E-state index contributed by atoms with van der Waals surface area (Å²) in [6, 6.07) is 4.51. The molecule has 0 aromatic heterocycles. The van der Waals surface area contributed by atoms with Gasteiger partial charge in [-0.2, -0.15) is 0 Å². The van der Waals surface area contributed by atoms with Crippen LogP contribution in [0.4, 0.5) is 4.39 Å². The molecule has 2 rings (SSSR count).